The molecule has 138 valence electrons. The monoisotopic (exact) mass is 488 g/mol. The quantitative estimate of drug-likeness (QED) is 0.498. The second-order valence-electron chi connectivity index (χ2n) is 5.44. The van der Waals surface area contributed by atoms with Crippen molar-refractivity contribution in [2.45, 2.75) is 4.90 Å². The number of nitrogens with one attached hydrogen (secondary N) is 1. The minimum absolute atomic E-state index is 0.116. The number of amides is 1. The molecule has 0 aliphatic rings. The van der Waals surface area contributed by atoms with E-state index in [0.29, 0.717) is 11.3 Å². The predicted octanol–water partition coefficient (Wildman–Crippen LogP) is 2.34. The number of benzene rings is 2. The van der Waals surface area contributed by atoms with E-state index in [1.807, 2.05) is 0 Å². The molecule has 0 saturated heterocycles. The lowest BCUT2D eigenvalue weighted by atomic mass is 10.2. The SMILES string of the molecule is CN(C)S(=O)(=O)c1ccc(NC(=O)COC(=O)c2ccc(I)cc2)cc1. The van der Waals surface area contributed by atoms with E-state index in [1.165, 1.54) is 38.4 Å². The van der Waals surface area contributed by atoms with Gasteiger partial charge in [0.1, 0.15) is 0 Å². The van der Waals surface area contributed by atoms with Gasteiger partial charge in [-0.25, -0.2) is 17.5 Å². The summed E-state index contributed by atoms with van der Waals surface area (Å²) in [6.45, 7) is -0.442. The number of esters is 1. The molecule has 2 aromatic rings. The molecule has 0 radical (unpaired) electrons. The van der Waals surface area contributed by atoms with E-state index in [4.69, 9.17) is 4.74 Å². The Kier molecular flexibility index (Phi) is 6.73. The molecule has 0 atom stereocenters. The molecule has 0 unspecified atom stereocenters. The van der Waals surface area contributed by atoms with Crippen molar-refractivity contribution < 1.29 is 22.7 Å². The van der Waals surface area contributed by atoms with E-state index in [0.717, 1.165) is 7.88 Å². The molecule has 0 fully saturated rings. The highest BCUT2D eigenvalue weighted by Crippen LogP contribution is 2.16. The van der Waals surface area contributed by atoms with Gasteiger partial charge in [-0.15, -0.1) is 0 Å². The van der Waals surface area contributed by atoms with Crippen LogP contribution in [0.3, 0.4) is 0 Å². The standard InChI is InChI=1S/C17H17IN2O5S/c1-20(2)26(23,24)15-9-7-14(8-10-15)19-16(21)11-25-17(22)12-3-5-13(18)6-4-12/h3-10H,11H2,1-2H3,(H,19,21). The molecule has 1 amide bonds. The summed E-state index contributed by atoms with van der Waals surface area (Å²) >= 11 is 2.12. The van der Waals surface area contributed by atoms with Gasteiger partial charge >= 0.3 is 5.97 Å². The molecule has 0 aliphatic carbocycles. The normalized spacial score (nSPS) is 11.2. The minimum atomic E-state index is -3.53. The Morgan fingerprint density at radius 3 is 2.15 bits per heavy atom. The number of hydrogen-bond acceptors (Lipinski definition) is 5. The molecule has 0 aliphatic heterocycles. The van der Waals surface area contributed by atoms with Crippen LogP contribution in [0.1, 0.15) is 10.4 Å². The van der Waals surface area contributed by atoms with Crippen molar-refractivity contribution in [3.8, 4) is 0 Å². The van der Waals surface area contributed by atoms with Crippen molar-refractivity contribution in [1.82, 2.24) is 4.31 Å². The van der Waals surface area contributed by atoms with Gasteiger partial charge in [0.15, 0.2) is 6.61 Å². The van der Waals surface area contributed by atoms with Crippen molar-refractivity contribution >= 4 is 50.2 Å². The lowest BCUT2D eigenvalue weighted by Gasteiger charge is -2.12. The zero-order valence-electron chi connectivity index (χ0n) is 14.1. The Morgan fingerprint density at radius 1 is 1.04 bits per heavy atom. The van der Waals surface area contributed by atoms with Crippen molar-refractivity contribution in [3.05, 3.63) is 57.7 Å². The Labute approximate surface area is 165 Å². The second-order valence-corrected chi connectivity index (χ2v) is 8.84. The first-order valence-corrected chi connectivity index (χ1v) is 9.97. The lowest BCUT2D eigenvalue weighted by Crippen LogP contribution is -2.22. The van der Waals surface area contributed by atoms with Gasteiger partial charge in [0.2, 0.25) is 10.0 Å². The molecule has 2 rings (SSSR count). The van der Waals surface area contributed by atoms with Gasteiger partial charge in [-0.2, -0.15) is 0 Å². The van der Waals surface area contributed by atoms with Gasteiger partial charge in [-0.3, -0.25) is 4.79 Å². The van der Waals surface area contributed by atoms with E-state index in [2.05, 4.69) is 27.9 Å². The third-order valence-electron chi connectivity index (χ3n) is 3.33. The summed E-state index contributed by atoms with van der Waals surface area (Å²) in [5.41, 5.74) is 0.759. The number of sulfonamides is 1. The first kappa shape index (κ1) is 20.3. The van der Waals surface area contributed by atoms with Crippen molar-refractivity contribution in [1.29, 1.82) is 0 Å². The Hall–Kier alpha value is -1.98. The largest absolute Gasteiger partial charge is 0.452 e. The molecule has 2 aromatic carbocycles. The van der Waals surface area contributed by atoms with Crippen LogP contribution in [0, 0.1) is 3.57 Å². The van der Waals surface area contributed by atoms with Gasteiger partial charge in [0, 0.05) is 23.4 Å². The van der Waals surface area contributed by atoms with Gasteiger partial charge in [0.25, 0.3) is 5.91 Å². The third kappa shape index (κ3) is 5.26. The number of carbonyl (C=O) groups is 2. The van der Waals surface area contributed by atoms with Crippen LogP contribution in [0.25, 0.3) is 0 Å². The summed E-state index contributed by atoms with van der Waals surface area (Å²) in [6.07, 6.45) is 0. The fraction of sp³-hybridized carbons (Fsp3) is 0.176. The smallest absolute Gasteiger partial charge is 0.338 e. The highest BCUT2D eigenvalue weighted by atomic mass is 127. The van der Waals surface area contributed by atoms with Crippen molar-refractivity contribution in [2.24, 2.45) is 0 Å². The maximum absolute atomic E-state index is 12.0. The first-order chi connectivity index (χ1) is 12.2. The highest BCUT2D eigenvalue weighted by Gasteiger charge is 2.17. The number of rotatable bonds is 6. The van der Waals surface area contributed by atoms with Gasteiger partial charge in [0.05, 0.1) is 10.5 Å². The number of nitrogens with zero attached hydrogens (tertiary/aromatic N) is 1. The summed E-state index contributed by atoms with van der Waals surface area (Å²) in [5.74, 6) is -1.11. The van der Waals surface area contributed by atoms with E-state index >= 15 is 0 Å². The molecular formula is C17H17IN2O5S. The van der Waals surface area contributed by atoms with E-state index in [1.54, 1.807) is 24.3 Å². The number of carbonyl (C=O) groups excluding carboxylic acids is 2. The van der Waals surface area contributed by atoms with E-state index in [9.17, 15) is 18.0 Å². The number of hydrogen-bond donors (Lipinski definition) is 1. The van der Waals surface area contributed by atoms with Crippen LogP contribution in [-0.2, 0) is 19.6 Å². The van der Waals surface area contributed by atoms with Crippen LogP contribution in [-0.4, -0.2) is 45.3 Å². The summed E-state index contributed by atoms with van der Waals surface area (Å²) in [7, 11) is -0.652. The molecular weight excluding hydrogens is 471 g/mol. The average Bonchev–Trinajstić information content (AvgIpc) is 2.60. The average molecular weight is 488 g/mol. The summed E-state index contributed by atoms with van der Waals surface area (Å²) in [6, 6.07) is 12.5. The molecule has 26 heavy (non-hydrogen) atoms. The van der Waals surface area contributed by atoms with Crippen LogP contribution in [0.2, 0.25) is 0 Å². The number of halogens is 1. The van der Waals surface area contributed by atoms with Crippen LogP contribution < -0.4 is 5.32 Å². The summed E-state index contributed by atoms with van der Waals surface area (Å²) in [5, 5.41) is 2.54. The van der Waals surface area contributed by atoms with Crippen LogP contribution in [0.5, 0.6) is 0 Å². The molecule has 0 heterocycles. The van der Waals surface area contributed by atoms with Gasteiger partial charge in [-0.1, -0.05) is 0 Å². The number of ether oxygens (including phenoxy) is 1. The summed E-state index contributed by atoms with van der Waals surface area (Å²) < 4.78 is 31.0. The number of anilines is 1. The van der Waals surface area contributed by atoms with Crippen LogP contribution >= 0.6 is 22.6 Å². The van der Waals surface area contributed by atoms with E-state index < -0.39 is 28.5 Å². The fourth-order valence-electron chi connectivity index (χ4n) is 1.92. The topological polar surface area (TPSA) is 92.8 Å². The van der Waals surface area contributed by atoms with E-state index in [-0.39, 0.29) is 4.90 Å². The molecule has 7 nitrogen and oxygen atoms in total. The van der Waals surface area contributed by atoms with Crippen molar-refractivity contribution in [3.63, 3.8) is 0 Å². The fourth-order valence-corrected chi connectivity index (χ4v) is 3.18. The lowest BCUT2D eigenvalue weighted by molar-refractivity contribution is -0.119. The zero-order valence-corrected chi connectivity index (χ0v) is 17.1. The molecule has 0 aromatic heterocycles. The Balaban J connectivity index is 1.91. The van der Waals surface area contributed by atoms with Crippen LogP contribution in [0.15, 0.2) is 53.4 Å². The second kappa shape index (κ2) is 8.60. The van der Waals surface area contributed by atoms with Crippen molar-refractivity contribution in [2.75, 3.05) is 26.0 Å². The molecule has 0 spiro atoms. The third-order valence-corrected chi connectivity index (χ3v) is 5.88. The minimum Gasteiger partial charge on any atom is -0.452 e. The van der Waals surface area contributed by atoms with Gasteiger partial charge in [-0.05, 0) is 71.1 Å². The maximum Gasteiger partial charge on any atom is 0.338 e. The highest BCUT2D eigenvalue weighted by molar-refractivity contribution is 14.1. The Morgan fingerprint density at radius 2 is 1.62 bits per heavy atom. The first-order valence-electron chi connectivity index (χ1n) is 7.45. The molecule has 0 bridgehead atoms. The zero-order chi connectivity index (χ0) is 19.3. The molecule has 0 saturated carbocycles. The molecule has 9 heteroatoms. The predicted molar refractivity (Wildman–Crippen MR) is 105 cm³/mol. The Bertz CT molecular complexity index is 894. The maximum atomic E-state index is 12.0. The summed E-state index contributed by atoms with van der Waals surface area (Å²) in [4.78, 5) is 23.8. The molecule has 1 N–H and O–H groups in total. The van der Waals surface area contributed by atoms with Gasteiger partial charge < -0.3 is 10.1 Å². The van der Waals surface area contributed by atoms with Crippen LogP contribution in [0.4, 0.5) is 5.69 Å².